The average molecular weight is 328 g/mol. The second-order valence-corrected chi connectivity index (χ2v) is 7.68. The Hall–Kier alpha value is -1.15. The van der Waals surface area contributed by atoms with Crippen LogP contribution in [0.1, 0.15) is 13.8 Å². The Balaban J connectivity index is 2.01. The SMILES string of the molecule is COc1ccc(S(=O)(=O)NCC(C)(C)N2CCOCC2)cc1. The van der Waals surface area contributed by atoms with Crippen molar-refractivity contribution in [2.45, 2.75) is 24.3 Å². The maximum atomic E-state index is 12.4. The summed E-state index contributed by atoms with van der Waals surface area (Å²) in [5, 5.41) is 0. The third-order valence-electron chi connectivity index (χ3n) is 3.93. The molecule has 0 aromatic heterocycles. The van der Waals surface area contributed by atoms with E-state index in [1.807, 2.05) is 13.8 Å². The van der Waals surface area contributed by atoms with Gasteiger partial charge in [0.25, 0.3) is 0 Å². The van der Waals surface area contributed by atoms with E-state index in [4.69, 9.17) is 9.47 Å². The molecule has 1 aromatic carbocycles. The Morgan fingerprint density at radius 2 is 1.82 bits per heavy atom. The van der Waals surface area contributed by atoms with E-state index < -0.39 is 10.0 Å². The molecule has 1 saturated heterocycles. The predicted molar refractivity (Wildman–Crippen MR) is 84.7 cm³/mol. The largest absolute Gasteiger partial charge is 0.497 e. The standard InChI is InChI=1S/C15H24N2O4S/c1-15(2,17-8-10-21-11-9-17)12-16-22(18,19)14-6-4-13(20-3)5-7-14/h4-7,16H,8-12H2,1-3H3. The number of ether oxygens (including phenoxy) is 2. The van der Waals surface area contributed by atoms with Crippen molar-refractivity contribution < 1.29 is 17.9 Å². The maximum absolute atomic E-state index is 12.4. The Labute approximate surface area is 132 Å². The van der Waals surface area contributed by atoms with Gasteiger partial charge in [0.1, 0.15) is 5.75 Å². The zero-order valence-corrected chi connectivity index (χ0v) is 14.1. The second kappa shape index (κ2) is 6.95. The molecule has 0 spiro atoms. The highest BCUT2D eigenvalue weighted by atomic mass is 32.2. The first-order chi connectivity index (χ1) is 10.3. The van der Waals surface area contributed by atoms with E-state index in [9.17, 15) is 8.42 Å². The van der Waals surface area contributed by atoms with Crippen LogP contribution in [-0.2, 0) is 14.8 Å². The van der Waals surface area contributed by atoms with Crippen molar-refractivity contribution in [1.29, 1.82) is 0 Å². The topological polar surface area (TPSA) is 67.9 Å². The summed E-state index contributed by atoms with van der Waals surface area (Å²) >= 11 is 0. The van der Waals surface area contributed by atoms with Crippen LogP contribution in [-0.4, -0.2) is 58.8 Å². The van der Waals surface area contributed by atoms with E-state index in [0.29, 0.717) is 25.5 Å². The van der Waals surface area contributed by atoms with Crippen molar-refractivity contribution in [3.05, 3.63) is 24.3 Å². The molecule has 1 fully saturated rings. The van der Waals surface area contributed by atoms with Gasteiger partial charge in [-0.1, -0.05) is 0 Å². The lowest BCUT2D eigenvalue weighted by molar-refractivity contribution is -0.00803. The highest BCUT2D eigenvalue weighted by Gasteiger charge is 2.29. The number of sulfonamides is 1. The van der Waals surface area contributed by atoms with Crippen LogP contribution in [0, 0.1) is 0 Å². The van der Waals surface area contributed by atoms with Gasteiger partial charge in [-0.3, -0.25) is 4.90 Å². The fourth-order valence-corrected chi connectivity index (χ4v) is 3.59. The molecular formula is C15H24N2O4S. The van der Waals surface area contributed by atoms with Crippen molar-refractivity contribution in [1.82, 2.24) is 9.62 Å². The van der Waals surface area contributed by atoms with Crippen molar-refractivity contribution in [3.8, 4) is 5.75 Å². The summed E-state index contributed by atoms with van der Waals surface area (Å²) in [5.41, 5.74) is -0.261. The molecule has 0 radical (unpaired) electrons. The minimum atomic E-state index is -3.52. The van der Waals surface area contributed by atoms with Crippen molar-refractivity contribution in [2.24, 2.45) is 0 Å². The molecule has 7 heteroatoms. The van der Waals surface area contributed by atoms with Crippen LogP contribution in [0.4, 0.5) is 0 Å². The van der Waals surface area contributed by atoms with Crippen LogP contribution < -0.4 is 9.46 Å². The highest BCUT2D eigenvalue weighted by molar-refractivity contribution is 7.89. The van der Waals surface area contributed by atoms with Gasteiger partial charge < -0.3 is 9.47 Å². The molecule has 6 nitrogen and oxygen atoms in total. The lowest BCUT2D eigenvalue weighted by Gasteiger charge is -2.40. The summed E-state index contributed by atoms with van der Waals surface area (Å²) in [6, 6.07) is 6.37. The number of hydrogen-bond donors (Lipinski definition) is 1. The van der Waals surface area contributed by atoms with Crippen LogP contribution >= 0.6 is 0 Å². The van der Waals surface area contributed by atoms with Crippen LogP contribution in [0.25, 0.3) is 0 Å². The Bertz CT molecular complexity index is 578. The molecule has 0 aliphatic carbocycles. The van der Waals surface area contributed by atoms with E-state index >= 15 is 0 Å². The molecule has 0 amide bonds. The minimum absolute atomic E-state index is 0.242. The first-order valence-corrected chi connectivity index (χ1v) is 8.80. The van der Waals surface area contributed by atoms with Gasteiger partial charge in [-0.2, -0.15) is 0 Å². The van der Waals surface area contributed by atoms with Crippen molar-refractivity contribution in [2.75, 3.05) is 40.0 Å². The summed E-state index contributed by atoms with van der Waals surface area (Å²) < 4.78 is 37.8. The number of nitrogens with one attached hydrogen (secondary N) is 1. The molecule has 1 heterocycles. The summed E-state index contributed by atoms with van der Waals surface area (Å²) in [5.74, 6) is 0.632. The van der Waals surface area contributed by atoms with Crippen molar-refractivity contribution >= 4 is 10.0 Å². The number of methoxy groups -OCH3 is 1. The molecule has 1 aromatic rings. The number of morpholine rings is 1. The van der Waals surface area contributed by atoms with Gasteiger partial charge in [-0.15, -0.1) is 0 Å². The first kappa shape index (κ1) is 17.2. The van der Waals surface area contributed by atoms with Crippen LogP contribution in [0.5, 0.6) is 5.75 Å². The zero-order chi connectivity index (χ0) is 16.2. The average Bonchev–Trinajstić information content (AvgIpc) is 2.54. The highest BCUT2D eigenvalue weighted by Crippen LogP contribution is 2.18. The molecular weight excluding hydrogens is 304 g/mol. The first-order valence-electron chi connectivity index (χ1n) is 7.32. The summed E-state index contributed by atoms with van der Waals surface area (Å²) in [4.78, 5) is 2.48. The lowest BCUT2D eigenvalue weighted by Crippen LogP contribution is -2.55. The molecule has 1 aliphatic rings. The molecule has 0 saturated carbocycles. The van der Waals surface area contributed by atoms with Crippen LogP contribution in [0.15, 0.2) is 29.2 Å². The second-order valence-electron chi connectivity index (χ2n) is 5.91. The van der Waals surface area contributed by atoms with Crippen LogP contribution in [0.3, 0.4) is 0 Å². The molecule has 0 bridgehead atoms. The van der Waals surface area contributed by atoms with E-state index in [0.717, 1.165) is 13.1 Å². The molecule has 0 atom stereocenters. The zero-order valence-electron chi connectivity index (χ0n) is 13.3. The fourth-order valence-electron chi connectivity index (χ4n) is 2.39. The number of hydrogen-bond acceptors (Lipinski definition) is 5. The third kappa shape index (κ3) is 4.19. The molecule has 1 N–H and O–H groups in total. The summed E-state index contributed by atoms with van der Waals surface area (Å²) in [7, 11) is -1.97. The minimum Gasteiger partial charge on any atom is -0.497 e. The maximum Gasteiger partial charge on any atom is 0.240 e. The Morgan fingerprint density at radius 1 is 1.23 bits per heavy atom. The smallest absolute Gasteiger partial charge is 0.240 e. The molecule has 22 heavy (non-hydrogen) atoms. The van der Waals surface area contributed by atoms with Gasteiger partial charge in [0, 0.05) is 25.2 Å². The van der Waals surface area contributed by atoms with Crippen molar-refractivity contribution in [3.63, 3.8) is 0 Å². The monoisotopic (exact) mass is 328 g/mol. The molecule has 0 unspecified atom stereocenters. The van der Waals surface area contributed by atoms with E-state index in [1.165, 1.54) is 0 Å². The van der Waals surface area contributed by atoms with E-state index in [2.05, 4.69) is 9.62 Å². The third-order valence-corrected chi connectivity index (χ3v) is 5.35. The predicted octanol–water partition coefficient (Wildman–Crippen LogP) is 1.08. The summed E-state index contributed by atoms with van der Waals surface area (Å²) in [6.07, 6.45) is 0. The van der Waals surface area contributed by atoms with Gasteiger partial charge >= 0.3 is 0 Å². The van der Waals surface area contributed by atoms with E-state index in [1.54, 1.807) is 31.4 Å². The Morgan fingerprint density at radius 3 is 2.36 bits per heavy atom. The summed E-state index contributed by atoms with van der Waals surface area (Å²) in [6.45, 7) is 7.43. The van der Waals surface area contributed by atoms with E-state index in [-0.39, 0.29) is 10.4 Å². The fraction of sp³-hybridized carbons (Fsp3) is 0.600. The Kier molecular flexibility index (Phi) is 5.44. The quantitative estimate of drug-likeness (QED) is 0.846. The van der Waals surface area contributed by atoms with Gasteiger partial charge in [-0.25, -0.2) is 13.1 Å². The number of rotatable bonds is 6. The molecule has 2 rings (SSSR count). The van der Waals surface area contributed by atoms with Crippen LogP contribution in [0.2, 0.25) is 0 Å². The molecule has 124 valence electrons. The van der Waals surface area contributed by atoms with Gasteiger partial charge in [0.2, 0.25) is 10.0 Å². The van der Waals surface area contributed by atoms with Gasteiger partial charge in [-0.05, 0) is 38.1 Å². The van der Waals surface area contributed by atoms with Gasteiger partial charge in [0.15, 0.2) is 0 Å². The normalized spacial score (nSPS) is 17.4. The number of benzene rings is 1. The molecule has 1 aliphatic heterocycles. The lowest BCUT2D eigenvalue weighted by atomic mass is 10.0. The van der Waals surface area contributed by atoms with Gasteiger partial charge in [0.05, 0.1) is 25.2 Å². The number of nitrogens with zero attached hydrogens (tertiary/aromatic N) is 1.